The van der Waals surface area contributed by atoms with Crippen LogP contribution >= 0.6 is 0 Å². The molecular weight excluding hydrogens is 250 g/mol. The van der Waals surface area contributed by atoms with E-state index in [1.165, 1.54) is 5.57 Å². The Morgan fingerprint density at radius 1 is 1.10 bits per heavy atom. The summed E-state index contributed by atoms with van der Waals surface area (Å²) < 4.78 is 1.75. The molecule has 0 saturated heterocycles. The first-order valence-corrected chi connectivity index (χ1v) is 6.90. The normalized spacial score (nSPS) is 19.1. The third kappa shape index (κ3) is 2.57. The summed E-state index contributed by atoms with van der Waals surface area (Å²) in [5, 5.41) is 13.0. The monoisotopic (exact) mass is 269 g/mol. The van der Waals surface area contributed by atoms with E-state index in [9.17, 15) is 0 Å². The van der Waals surface area contributed by atoms with Crippen molar-refractivity contribution in [2.24, 2.45) is 5.92 Å². The lowest BCUT2D eigenvalue weighted by Crippen LogP contribution is -2.34. The average molecular weight is 269 g/mol. The van der Waals surface area contributed by atoms with Crippen LogP contribution in [0.15, 0.2) is 36.0 Å². The highest BCUT2D eigenvalue weighted by Crippen LogP contribution is 2.20. The lowest BCUT2D eigenvalue weighted by Gasteiger charge is -2.30. The van der Waals surface area contributed by atoms with Crippen LogP contribution in [-0.4, -0.2) is 33.1 Å². The lowest BCUT2D eigenvalue weighted by molar-refractivity contribution is 0.633. The molecule has 5 nitrogen and oxygen atoms in total. The Labute approximate surface area is 118 Å². The maximum atomic E-state index is 4.34. The highest BCUT2D eigenvalue weighted by atomic mass is 15.4. The summed E-state index contributed by atoms with van der Waals surface area (Å²) in [6, 6.07) is 5.94. The Balaban J connectivity index is 1.81. The molecule has 0 radical (unpaired) electrons. The van der Waals surface area contributed by atoms with Crippen LogP contribution in [0.5, 0.6) is 0 Å². The highest BCUT2D eigenvalue weighted by molar-refractivity contribution is 5.42. The maximum Gasteiger partial charge on any atom is 0.175 e. The lowest BCUT2D eigenvalue weighted by atomic mass is 10.0. The average Bonchev–Trinajstić information content (AvgIpc) is 2.84. The van der Waals surface area contributed by atoms with Gasteiger partial charge < -0.3 is 4.90 Å². The third-order valence-corrected chi connectivity index (χ3v) is 3.44. The van der Waals surface area contributed by atoms with E-state index in [1.54, 1.807) is 4.68 Å². The van der Waals surface area contributed by atoms with Crippen molar-refractivity contribution in [1.29, 1.82) is 0 Å². The summed E-state index contributed by atoms with van der Waals surface area (Å²) in [7, 11) is 0. The molecule has 0 spiro atoms. The van der Waals surface area contributed by atoms with Crippen LogP contribution < -0.4 is 4.90 Å². The molecule has 1 aliphatic heterocycles. The van der Waals surface area contributed by atoms with E-state index in [2.05, 4.69) is 40.1 Å². The number of aryl methyl sites for hydroxylation is 1. The number of hydrogen-bond acceptors (Lipinski definition) is 4. The first-order chi connectivity index (χ1) is 9.61. The molecule has 0 amide bonds. The molecule has 1 unspecified atom stereocenters. The van der Waals surface area contributed by atoms with Crippen molar-refractivity contribution in [2.45, 2.75) is 20.8 Å². The molecule has 3 rings (SSSR count). The highest BCUT2D eigenvalue weighted by Gasteiger charge is 2.17. The molecule has 0 saturated carbocycles. The fraction of sp³-hybridized carbons (Fsp3) is 0.400. The molecule has 1 atom stereocenters. The topological polar surface area (TPSA) is 46.8 Å². The van der Waals surface area contributed by atoms with Gasteiger partial charge in [-0.15, -0.1) is 10.2 Å². The Bertz CT molecular complexity index is 626. The molecule has 1 aliphatic rings. The van der Waals surface area contributed by atoms with Crippen LogP contribution in [0.25, 0.3) is 5.82 Å². The zero-order valence-electron chi connectivity index (χ0n) is 12.1. The van der Waals surface area contributed by atoms with Crippen molar-refractivity contribution in [3.8, 4) is 5.82 Å². The summed E-state index contributed by atoms with van der Waals surface area (Å²) in [5.74, 6) is 2.23. The van der Waals surface area contributed by atoms with Crippen molar-refractivity contribution < 1.29 is 0 Å². The van der Waals surface area contributed by atoms with Crippen molar-refractivity contribution >= 4 is 5.82 Å². The standard InChI is InChI=1S/C15H19N5/c1-11-8-12(2)10-19(9-11)14-4-5-15(17-16-14)20-7-6-13(3)18-20/h4-8,11H,9-10H2,1-3H3. The van der Waals surface area contributed by atoms with Crippen LogP contribution in [0.1, 0.15) is 19.5 Å². The van der Waals surface area contributed by atoms with Crippen LogP contribution in [-0.2, 0) is 0 Å². The zero-order valence-corrected chi connectivity index (χ0v) is 12.1. The summed E-state index contributed by atoms with van der Waals surface area (Å²) in [6.45, 7) is 8.27. The summed E-state index contributed by atoms with van der Waals surface area (Å²) in [4.78, 5) is 2.27. The van der Waals surface area contributed by atoms with Crippen molar-refractivity contribution in [3.05, 3.63) is 41.7 Å². The van der Waals surface area contributed by atoms with Crippen molar-refractivity contribution in [2.75, 3.05) is 18.0 Å². The van der Waals surface area contributed by atoms with Gasteiger partial charge in [-0.25, -0.2) is 4.68 Å². The number of anilines is 1. The number of rotatable bonds is 2. The second-order valence-corrected chi connectivity index (χ2v) is 5.52. The summed E-state index contributed by atoms with van der Waals surface area (Å²) >= 11 is 0. The summed E-state index contributed by atoms with van der Waals surface area (Å²) in [5.41, 5.74) is 2.36. The minimum absolute atomic E-state index is 0.555. The smallest absolute Gasteiger partial charge is 0.175 e. The van der Waals surface area contributed by atoms with E-state index in [1.807, 2.05) is 31.3 Å². The second-order valence-electron chi connectivity index (χ2n) is 5.52. The molecule has 104 valence electrons. The van der Waals surface area contributed by atoms with Crippen molar-refractivity contribution in [3.63, 3.8) is 0 Å². The molecule has 3 heterocycles. The van der Waals surface area contributed by atoms with E-state index in [-0.39, 0.29) is 0 Å². The second kappa shape index (κ2) is 5.07. The first kappa shape index (κ1) is 12.8. The van der Waals surface area contributed by atoms with Gasteiger partial charge in [0.15, 0.2) is 11.6 Å². The predicted molar refractivity (Wildman–Crippen MR) is 79.0 cm³/mol. The van der Waals surface area contributed by atoms with E-state index < -0.39 is 0 Å². The zero-order chi connectivity index (χ0) is 14.1. The Morgan fingerprint density at radius 3 is 2.45 bits per heavy atom. The van der Waals surface area contributed by atoms with E-state index in [4.69, 9.17) is 0 Å². The van der Waals surface area contributed by atoms with Gasteiger partial charge in [0.05, 0.1) is 5.69 Å². The molecule has 0 fully saturated rings. The van der Waals surface area contributed by atoms with Gasteiger partial charge in [-0.1, -0.05) is 18.6 Å². The molecule has 2 aromatic rings. The summed E-state index contributed by atoms with van der Waals surface area (Å²) in [6.07, 6.45) is 4.22. The van der Waals surface area contributed by atoms with Crippen LogP contribution in [0.2, 0.25) is 0 Å². The molecule has 0 N–H and O–H groups in total. The maximum absolute atomic E-state index is 4.34. The Kier molecular flexibility index (Phi) is 3.26. The molecule has 0 bridgehead atoms. The Hall–Kier alpha value is -2.17. The van der Waals surface area contributed by atoms with Crippen LogP contribution in [0.4, 0.5) is 5.82 Å². The van der Waals surface area contributed by atoms with Gasteiger partial charge in [-0.2, -0.15) is 5.10 Å². The fourth-order valence-corrected chi connectivity index (χ4v) is 2.63. The minimum atomic E-state index is 0.555. The molecule has 0 aliphatic carbocycles. The van der Waals surface area contributed by atoms with E-state index >= 15 is 0 Å². The van der Waals surface area contributed by atoms with Gasteiger partial charge in [0.25, 0.3) is 0 Å². The largest absolute Gasteiger partial charge is 0.351 e. The molecule has 20 heavy (non-hydrogen) atoms. The third-order valence-electron chi connectivity index (χ3n) is 3.44. The van der Waals surface area contributed by atoms with Crippen LogP contribution in [0.3, 0.4) is 0 Å². The molecule has 5 heteroatoms. The number of hydrogen-bond donors (Lipinski definition) is 0. The predicted octanol–water partition coefficient (Wildman–Crippen LogP) is 2.37. The first-order valence-electron chi connectivity index (χ1n) is 6.90. The molecular formula is C15H19N5. The SMILES string of the molecule is CC1=CC(C)CN(c2ccc(-n3ccc(C)n3)nn2)C1. The van der Waals surface area contributed by atoms with E-state index in [0.29, 0.717) is 5.92 Å². The van der Waals surface area contributed by atoms with Gasteiger partial charge in [-0.05, 0) is 38.0 Å². The van der Waals surface area contributed by atoms with Gasteiger partial charge in [-0.3, -0.25) is 0 Å². The molecule has 0 aromatic carbocycles. The minimum Gasteiger partial charge on any atom is -0.351 e. The van der Waals surface area contributed by atoms with E-state index in [0.717, 1.165) is 30.4 Å². The quantitative estimate of drug-likeness (QED) is 0.785. The van der Waals surface area contributed by atoms with Crippen LogP contribution in [0, 0.1) is 12.8 Å². The van der Waals surface area contributed by atoms with Gasteiger partial charge >= 0.3 is 0 Å². The fourth-order valence-electron chi connectivity index (χ4n) is 2.63. The number of aromatic nitrogens is 4. The van der Waals surface area contributed by atoms with Gasteiger partial charge in [0.1, 0.15) is 0 Å². The van der Waals surface area contributed by atoms with Gasteiger partial charge in [0.2, 0.25) is 0 Å². The Morgan fingerprint density at radius 2 is 1.85 bits per heavy atom. The van der Waals surface area contributed by atoms with Gasteiger partial charge in [0, 0.05) is 19.3 Å². The van der Waals surface area contributed by atoms with Crippen molar-refractivity contribution in [1.82, 2.24) is 20.0 Å². The molecule has 2 aromatic heterocycles. The number of nitrogens with zero attached hydrogens (tertiary/aromatic N) is 5.